The van der Waals surface area contributed by atoms with E-state index in [0.29, 0.717) is 34.2 Å². The molecule has 12 heteroatoms. The zero-order chi connectivity index (χ0) is 29.5. The van der Waals surface area contributed by atoms with E-state index in [-0.39, 0.29) is 35.2 Å². The topological polar surface area (TPSA) is 135 Å². The number of piperazine rings is 1. The molecule has 2 aromatic carbocycles. The number of hydrogen-bond acceptors (Lipinski definition) is 9. The molecule has 216 valence electrons. The Kier molecular flexibility index (Phi) is 9.77. The summed E-state index contributed by atoms with van der Waals surface area (Å²) in [7, 11) is 1.56. The van der Waals surface area contributed by atoms with Crippen LogP contribution in [0, 0.1) is 0 Å². The van der Waals surface area contributed by atoms with E-state index in [9.17, 15) is 14.7 Å². The van der Waals surface area contributed by atoms with E-state index in [1.807, 2.05) is 6.07 Å². The predicted octanol–water partition coefficient (Wildman–Crippen LogP) is 4.12. The number of anilines is 6. The Morgan fingerprint density at radius 2 is 1.83 bits per heavy atom. The third-order valence-electron chi connectivity index (χ3n) is 6.86. The normalized spacial score (nSPS) is 13.6. The number of hydrogen-bond donors (Lipinski definition) is 5. The van der Waals surface area contributed by atoms with Gasteiger partial charge in [-0.05, 0) is 44.2 Å². The number of aliphatic hydroxyl groups is 1. The van der Waals surface area contributed by atoms with Crippen LogP contribution in [0.1, 0.15) is 29.8 Å². The fraction of sp³-hybridized carbons (Fsp3) is 0.310. The minimum absolute atomic E-state index is 0.198. The number of nitrogens with one attached hydrogen (secondary N) is 4. The number of carbonyl (C=O) groups excluding carboxylic acids is 2. The second kappa shape index (κ2) is 13.4. The van der Waals surface area contributed by atoms with E-state index in [0.717, 1.165) is 31.9 Å². The van der Waals surface area contributed by atoms with Crippen molar-refractivity contribution in [3.63, 3.8) is 0 Å². The molecular formula is C29H35ClN8O3. The highest BCUT2D eigenvalue weighted by atomic mass is 35.5. The van der Waals surface area contributed by atoms with Gasteiger partial charge in [0.25, 0.3) is 5.91 Å². The van der Waals surface area contributed by atoms with Crippen LogP contribution in [0.15, 0.2) is 55.3 Å². The summed E-state index contributed by atoms with van der Waals surface area (Å²) in [5, 5.41) is 22.3. The molecule has 1 aromatic heterocycles. The highest BCUT2D eigenvalue weighted by molar-refractivity contribution is 6.33. The van der Waals surface area contributed by atoms with Gasteiger partial charge in [0.2, 0.25) is 11.9 Å². The summed E-state index contributed by atoms with van der Waals surface area (Å²) in [4.78, 5) is 38.0. The molecule has 0 aliphatic carbocycles. The molecule has 0 saturated carbocycles. The maximum atomic E-state index is 12.3. The van der Waals surface area contributed by atoms with E-state index in [1.165, 1.54) is 12.3 Å². The summed E-state index contributed by atoms with van der Waals surface area (Å²) >= 11 is 6.39. The molecule has 2 heterocycles. The summed E-state index contributed by atoms with van der Waals surface area (Å²) in [6.07, 6.45) is 2.65. The molecule has 1 fully saturated rings. The van der Waals surface area contributed by atoms with E-state index in [1.54, 1.807) is 37.4 Å². The smallest absolute Gasteiger partial charge is 0.253 e. The standard InChI is InChI=1S/C29H35ClN8O3/c1-5-26(40)33-24-15-23(19(17-39)14-25(24)38-12-10-37(11-13-38)18(2)3)35-29-32-16-21(30)27(36-29)34-22-9-7-6-8-20(22)28(41)31-4/h5-9,14-16,18,39H,1,10-13,17H2,2-4H3,(H,31,41)(H,33,40)(H2,32,34,35,36). The summed E-state index contributed by atoms with van der Waals surface area (Å²) in [6.45, 7) is 11.0. The Hall–Kier alpha value is -4.19. The molecular weight excluding hydrogens is 544 g/mol. The van der Waals surface area contributed by atoms with Crippen molar-refractivity contribution in [2.75, 3.05) is 54.1 Å². The Morgan fingerprint density at radius 3 is 2.49 bits per heavy atom. The maximum absolute atomic E-state index is 12.3. The lowest BCUT2D eigenvalue weighted by Gasteiger charge is -2.39. The van der Waals surface area contributed by atoms with Gasteiger partial charge in [-0.25, -0.2) is 4.98 Å². The van der Waals surface area contributed by atoms with Crippen LogP contribution in [0.4, 0.5) is 34.5 Å². The fourth-order valence-corrected chi connectivity index (χ4v) is 4.73. The Balaban J connectivity index is 1.65. The van der Waals surface area contributed by atoms with Gasteiger partial charge in [-0.15, -0.1) is 0 Å². The Labute approximate surface area is 244 Å². The van der Waals surface area contributed by atoms with Crippen LogP contribution in [0.25, 0.3) is 0 Å². The molecule has 0 unspecified atom stereocenters. The van der Waals surface area contributed by atoms with Crippen molar-refractivity contribution in [3.8, 4) is 0 Å². The van der Waals surface area contributed by atoms with Crippen LogP contribution < -0.4 is 26.2 Å². The number of aliphatic hydroxyl groups excluding tert-OH is 1. The first-order valence-corrected chi connectivity index (χ1v) is 13.7. The van der Waals surface area contributed by atoms with E-state index in [2.05, 4.69) is 61.5 Å². The van der Waals surface area contributed by atoms with Crippen LogP contribution in [-0.2, 0) is 11.4 Å². The monoisotopic (exact) mass is 578 g/mol. The quantitative estimate of drug-likeness (QED) is 0.225. The van der Waals surface area contributed by atoms with Crippen molar-refractivity contribution in [1.29, 1.82) is 0 Å². The molecule has 0 radical (unpaired) electrons. The van der Waals surface area contributed by atoms with Crippen LogP contribution >= 0.6 is 11.6 Å². The van der Waals surface area contributed by atoms with Gasteiger partial charge in [-0.1, -0.05) is 30.3 Å². The number of carbonyl (C=O) groups is 2. The van der Waals surface area contributed by atoms with Crippen LogP contribution in [-0.4, -0.2) is 71.1 Å². The number of halogens is 1. The van der Waals surface area contributed by atoms with Crippen molar-refractivity contribution < 1.29 is 14.7 Å². The van der Waals surface area contributed by atoms with Gasteiger partial charge in [0, 0.05) is 50.5 Å². The van der Waals surface area contributed by atoms with E-state index < -0.39 is 0 Å². The van der Waals surface area contributed by atoms with Crippen molar-refractivity contribution in [1.82, 2.24) is 20.2 Å². The summed E-state index contributed by atoms with van der Waals surface area (Å²) in [5.41, 5.74) is 3.43. The number of amides is 2. The average Bonchev–Trinajstić information content (AvgIpc) is 2.98. The largest absolute Gasteiger partial charge is 0.392 e. The average molecular weight is 579 g/mol. The molecule has 0 bridgehead atoms. The summed E-state index contributed by atoms with van der Waals surface area (Å²) < 4.78 is 0. The lowest BCUT2D eigenvalue weighted by molar-refractivity contribution is -0.111. The van der Waals surface area contributed by atoms with Gasteiger partial charge < -0.3 is 31.3 Å². The summed E-state index contributed by atoms with van der Waals surface area (Å²) in [6, 6.07) is 11.1. The highest BCUT2D eigenvalue weighted by Gasteiger charge is 2.23. The van der Waals surface area contributed by atoms with Gasteiger partial charge >= 0.3 is 0 Å². The van der Waals surface area contributed by atoms with Gasteiger partial charge in [-0.2, -0.15) is 4.98 Å². The third-order valence-corrected chi connectivity index (χ3v) is 7.14. The molecule has 0 atom stereocenters. The summed E-state index contributed by atoms with van der Waals surface area (Å²) in [5.74, 6) is -0.128. The Morgan fingerprint density at radius 1 is 1.10 bits per heavy atom. The number of benzene rings is 2. The van der Waals surface area contributed by atoms with Gasteiger partial charge in [0.05, 0.1) is 35.4 Å². The second-order valence-electron chi connectivity index (χ2n) is 9.76. The van der Waals surface area contributed by atoms with Crippen molar-refractivity contribution in [2.45, 2.75) is 26.5 Å². The van der Waals surface area contributed by atoms with Gasteiger partial charge in [0.1, 0.15) is 5.02 Å². The molecule has 2 amide bonds. The second-order valence-corrected chi connectivity index (χ2v) is 10.2. The molecule has 0 spiro atoms. The minimum Gasteiger partial charge on any atom is -0.392 e. The zero-order valence-corrected chi connectivity index (χ0v) is 24.1. The SMILES string of the molecule is C=CC(=O)Nc1cc(Nc2ncc(Cl)c(Nc3ccccc3C(=O)NC)n2)c(CO)cc1N1CCN(C(C)C)CC1. The Bertz CT molecular complexity index is 1420. The zero-order valence-electron chi connectivity index (χ0n) is 23.4. The van der Waals surface area contributed by atoms with Crippen molar-refractivity contribution in [2.24, 2.45) is 0 Å². The molecule has 1 aliphatic rings. The van der Waals surface area contributed by atoms with Crippen LogP contribution in [0.3, 0.4) is 0 Å². The lowest BCUT2D eigenvalue weighted by Crippen LogP contribution is -2.49. The van der Waals surface area contributed by atoms with Gasteiger partial charge in [0.15, 0.2) is 5.82 Å². The van der Waals surface area contributed by atoms with Crippen LogP contribution in [0.5, 0.6) is 0 Å². The van der Waals surface area contributed by atoms with Crippen LogP contribution in [0.2, 0.25) is 5.02 Å². The molecule has 3 aromatic rings. The number of nitrogens with zero attached hydrogens (tertiary/aromatic N) is 4. The van der Waals surface area contributed by atoms with Crippen molar-refractivity contribution in [3.05, 3.63) is 71.4 Å². The molecule has 5 N–H and O–H groups in total. The lowest BCUT2D eigenvalue weighted by atomic mass is 10.1. The predicted molar refractivity (Wildman–Crippen MR) is 164 cm³/mol. The first kappa shape index (κ1) is 29.8. The fourth-order valence-electron chi connectivity index (χ4n) is 4.59. The molecule has 4 rings (SSSR count). The van der Waals surface area contributed by atoms with Crippen molar-refractivity contribution >= 4 is 57.9 Å². The van der Waals surface area contributed by atoms with E-state index >= 15 is 0 Å². The number of aromatic nitrogens is 2. The van der Waals surface area contributed by atoms with E-state index in [4.69, 9.17) is 11.6 Å². The molecule has 1 saturated heterocycles. The first-order valence-electron chi connectivity index (χ1n) is 13.3. The molecule has 11 nitrogen and oxygen atoms in total. The van der Waals surface area contributed by atoms with Gasteiger partial charge in [-0.3, -0.25) is 14.5 Å². The first-order chi connectivity index (χ1) is 19.7. The molecule has 41 heavy (non-hydrogen) atoms. The molecule has 1 aliphatic heterocycles. The number of para-hydroxylation sites is 1. The maximum Gasteiger partial charge on any atom is 0.253 e. The minimum atomic E-state index is -0.348. The highest BCUT2D eigenvalue weighted by Crippen LogP contribution is 2.35. The number of rotatable bonds is 10. The third kappa shape index (κ3) is 7.12.